The first kappa shape index (κ1) is 17.4. The third kappa shape index (κ3) is 4.28. The Morgan fingerprint density at radius 1 is 1.12 bits per heavy atom. The third-order valence-electron chi connectivity index (χ3n) is 3.14. The molecule has 24 heavy (non-hydrogen) atoms. The van der Waals surface area contributed by atoms with Crippen LogP contribution in [0.1, 0.15) is 17.3 Å². The van der Waals surface area contributed by atoms with Crippen LogP contribution < -0.4 is 10.1 Å². The maximum atomic E-state index is 13.5. The van der Waals surface area contributed by atoms with Crippen LogP contribution in [-0.4, -0.2) is 25.1 Å². The van der Waals surface area contributed by atoms with Crippen LogP contribution in [0.5, 0.6) is 5.75 Å². The number of carbonyl (C=O) groups excluding carboxylic acids is 2. The van der Waals surface area contributed by atoms with Gasteiger partial charge in [-0.1, -0.05) is 6.07 Å². The van der Waals surface area contributed by atoms with Gasteiger partial charge in [0.05, 0.1) is 12.7 Å². The fraction of sp³-hybridized carbons (Fsp3) is 0.176. The van der Waals surface area contributed by atoms with E-state index in [0.29, 0.717) is 17.5 Å². The number of amides is 1. The number of benzene rings is 2. The molecule has 1 amide bonds. The molecule has 2 aromatic rings. The number of esters is 1. The summed E-state index contributed by atoms with van der Waals surface area (Å²) in [5, 5.41) is 2.55. The van der Waals surface area contributed by atoms with Gasteiger partial charge in [0.2, 0.25) is 0 Å². The molecule has 0 bridgehead atoms. The molecule has 0 radical (unpaired) electrons. The lowest BCUT2D eigenvalue weighted by molar-refractivity contribution is -0.123. The van der Waals surface area contributed by atoms with Gasteiger partial charge in [-0.3, -0.25) is 4.79 Å². The van der Waals surface area contributed by atoms with Crippen LogP contribution in [0.25, 0.3) is 0 Å². The number of hydrogen-bond acceptors (Lipinski definition) is 4. The van der Waals surface area contributed by atoms with Crippen molar-refractivity contribution in [3.05, 3.63) is 59.7 Å². The van der Waals surface area contributed by atoms with Crippen molar-refractivity contribution in [2.24, 2.45) is 0 Å². The molecule has 7 heteroatoms. The van der Waals surface area contributed by atoms with Crippen molar-refractivity contribution in [3.63, 3.8) is 0 Å². The predicted octanol–water partition coefficient (Wildman–Crippen LogP) is 3.16. The Balaban J connectivity index is 2.01. The van der Waals surface area contributed by atoms with E-state index in [9.17, 15) is 18.4 Å². The van der Waals surface area contributed by atoms with Crippen molar-refractivity contribution in [2.75, 3.05) is 12.4 Å². The highest BCUT2D eigenvalue weighted by molar-refractivity contribution is 5.97. The van der Waals surface area contributed by atoms with E-state index in [2.05, 4.69) is 5.32 Å². The second kappa shape index (κ2) is 7.54. The van der Waals surface area contributed by atoms with Gasteiger partial charge in [0, 0.05) is 17.8 Å². The molecule has 0 aliphatic heterocycles. The highest BCUT2D eigenvalue weighted by atomic mass is 19.1. The molecule has 2 aromatic carbocycles. The molecule has 0 heterocycles. The van der Waals surface area contributed by atoms with Crippen molar-refractivity contribution in [1.29, 1.82) is 0 Å². The van der Waals surface area contributed by atoms with Gasteiger partial charge in [0.25, 0.3) is 5.91 Å². The van der Waals surface area contributed by atoms with Crippen LogP contribution in [0.2, 0.25) is 0 Å². The minimum absolute atomic E-state index is 0.447. The molecule has 1 N–H and O–H groups in total. The zero-order valence-corrected chi connectivity index (χ0v) is 13.0. The van der Waals surface area contributed by atoms with Gasteiger partial charge in [-0.2, -0.15) is 0 Å². The zero-order chi connectivity index (χ0) is 17.7. The summed E-state index contributed by atoms with van der Waals surface area (Å²) in [6.07, 6.45) is -1.17. The standard InChI is InChI=1S/C17H15F2NO4/c1-10(16(21)20-12-4-3-5-13(9-12)23-2)24-17(22)14-7-6-11(18)8-15(14)19/h3-10H,1-2H3,(H,20,21)/t10-/m0/s1. The Hall–Kier alpha value is -2.96. The Bertz CT molecular complexity index is 764. The quantitative estimate of drug-likeness (QED) is 0.853. The van der Waals surface area contributed by atoms with E-state index in [4.69, 9.17) is 9.47 Å². The maximum Gasteiger partial charge on any atom is 0.341 e. The molecule has 0 saturated carbocycles. The molecule has 0 aromatic heterocycles. The SMILES string of the molecule is COc1cccc(NC(=O)[C@H](C)OC(=O)c2ccc(F)cc2F)c1. The summed E-state index contributed by atoms with van der Waals surface area (Å²) in [5.41, 5.74) is 0.00708. The van der Waals surface area contributed by atoms with E-state index >= 15 is 0 Å². The van der Waals surface area contributed by atoms with Gasteiger partial charge in [-0.05, 0) is 31.2 Å². The van der Waals surface area contributed by atoms with Crippen LogP contribution >= 0.6 is 0 Å². The Kier molecular flexibility index (Phi) is 5.47. The minimum Gasteiger partial charge on any atom is -0.497 e. The van der Waals surface area contributed by atoms with E-state index in [1.807, 2.05) is 0 Å². The third-order valence-corrected chi connectivity index (χ3v) is 3.14. The number of halogens is 2. The second-order valence-electron chi connectivity index (χ2n) is 4.89. The van der Waals surface area contributed by atoms with Crippen molar-refractivity contribution in [3.8, 4) is 5.75 Å². The van der Waals surface area contributed by atoms with Crippen molar-refractivity contribution < 1.29 is 27.8 Å². The largest absolute Gasteiger partial charge is 0.497 e. The first-order valence-electron chi connectivity index (χ1n) is 7.01. The van der Waals surface area contributed by atoms with Crippen molar-refractivity contribution in [1.82, 2.24) is 0 Å². The molecule has 0 unspecified atom stereocenters. The van der Waals surface area contributed by atoms with E-state index in [1.54, 1.807) is 24.3 Å². The Labute approximate surface area is 137 Å². The summed E-state index contributed by atoms with van der Waals surface area (Å²) >= 11 is 0. The molecule has 2 rings (SSSR count). The molecule has 1 atom stereocenters. The molecule has 0 saturated heterocycles. The van der Waals surface area contributed by atoms with Gasteiger partial charge < -0.3 is 14.8 Å². The fourth-order valence-corrected chi connectivity index (χ4v) is 1.88. The summed E-state index contributed by atoms with van der Waals surface area (Å²) in [4.78, 5) is 23.9. The number of anilines is 1. The molecule has 5 nitrogen and oxygen atoms in total. The fourth-order valence-electron chi connectivity index (χ4n) is 1.88. The van der Waals surface area contributed by atoms with Crippen molar-refractivity contribution >= 4 is 17.6 Å². The molecular formula is C17H15F2NO4. The van der Waals surface area contributed by atoms with Crippen LogP contribution in [0.15, 0.2) is 42.5 Å². The van der Waals surface area contributed by atoms with Gasteiger partial charge >= 0.3 is 5.97 Å². The van der Waals surface area contributed by atoms with Gasteiger partial charge in [-0.25, -0.2) is 13.6 Å². The molecule has 0 aliphatic rings. The lowest BCUT2D eigenvalue weighted by atomic mass is 10.2. The smallest absolute Gasteiger partial charge is 0.341 e. The number of ether oxygens (including phenoxy) is 2. The summed E-state index contributed by atoms with van der Waals surface area (Å²) in [6.45, 7) is 1.34. The lowest BCUT2D eigenvalue weighted by Crippen LogP contribution is -2.30. The number of methoxy groups -OCH3 is 1. The normalized spacial score (nSPS) is 11.5. The first-order chi connectivity index (χ1) is 11.4. The molecule has 0 aliphatic carbocycles. The van der Waals surface area contributed by atoms with E-state index in [-0.39, 0.29) is 0 Å². The summed E-state index contributed by atoms with van der Waals surface area (Å²) in [6, 6.07) is 9.06. The van der Waals surface area contributed by atoms with Crippen LogP contribution in [0.4, 0.5) is 14.5 Å². The highest BCUT2D eigenvalue weighted by Crippen LogP contribution is 2.17. The Morgan fingerprint density at radius 3 is 2.54 bits per heavy atom. The van der Waals surface area contributed by atoms with E-state index < -0.39 is 35.2 Å². The lowest BCUT2D eigenvalue weighted by Gasteiger charge is -2.14. The highest BCUT2D eigenvalue weighted by Gasteiger charge is 2.21. The molecule has 126 valence electrons. The minimum atomic E-state index is -1.17. The monoisotopic (exact) mass is 335 g/mol. The molecular weight excluding hydrogens is 320 g/mol. The second-order valence-corrected chi connectivity index (χ2v) is 4.89. The van der Waals surface area contributed by atoms with Crippen LogP contribution in [0, 0.1) is 11.6 Å². The topological polar surface area (TPSA) is 64.6 Å². The molecule has 0 fully saturated rings. The summed E-state index contributed by atoms with van der Waals surface area (Å²) < 4.78 is 36.3. The number of rotatable bonds is 5. The predicted molar refractivity (Wildman–Crippen MR) is 82.9 cm³/mol. The average molecular weight is 335 g/mol. The maximum absolute atomic E-state index is 13.5. The molecule has 0 spiro atoms. The first-order valence-corrected chi connectivity index (χ1v) is 7.01. The van der Waals surface area contributed by atoms with Crippen LogP contribution in [0.3, 0.4) is 0 Å². The van der Waals surface area contributed by atoms with Gasteiger partial charge in [0.15, 0.2) is 6.10 Å². The Morgan fingerprint density at radius 2 is 1.88 bits per heavy atom. The van der Waals surface area contributed by atoms with E-state index in [1.165, 1.54) is 14.0 Å². The summed E-state index contributed by atoms with van der Waals surface area (Å²) in [7, 11) is 1.49. The van der Waals surface area contributed by atoms with Crippen molar-refractivity contribution in [2.45, 2.75) is 13.0 Å². The number of hydrogen-bond donors (Lipinski definition) is 1. The van der Waals surface area contributed by atoms with Crippen LogP contribution in [-0.2, 0) is 9.53 Å². The summed E-state index contributed by atoms with van der Waals surface area (Å²) in [5.74, 6) is -2.97. The average Bonchev–Trinajstić information content (AvgIpc) is 2.54. The number of nitrogens with one attached hydrogen (secondary N) is 1. The zero-order valence-electron chi connectivity index (χ0n) is 13.0. The number of carbonyl (C=O) groups is 2. The van der Waals surface area contributed by atoms with Gasteiger partial charge in [-0.15, -0.1) is 0 Å². The van der Waals surface area contributed by atoms with Gasteiger partial charge in [0.1, 0.15) is 17.4 Å². The van der Waals surface area contributed by atoms with E-state index in [0.717, 1.165) is 12.1 Å².